The molecule has 2 heterocycles. The molecule has 2 aliphatic heterocycles. The van der Waals surface area contributed by atoms with Crippen LogP contribution in [0.3, 0.4) is 0 Å². The van der Waals surface area contributed by atoms with Gasteiger partial charge in [-0.25, -0.2) is 0 Å². The van der Waals surface area contributed by atoms with Gasteiger partial charge in [-0.2, -0.15) is 0 Å². The molecule has 0 spiro atoms. The van der Waals surface area contributed by atoms with Crippen LogP contribution in [0.15, 0.2) is 30.3 Å². The number of benzene rings is 2. The van der Waals surface area contributed by atoms with Crippen molar-refractivity contribution in [2.75, 3.05) is 27.4 Å². The maximum absolute atomic E-state index is 10.4. The van der Waals surface area contributed by atoms with E-state index in [0.717, 1.165) is 16.7 Å². The van der Waals surface area contributed by atoms with E-state index in [1.807, 2.05) is 12.1 Å². The van der Waals surface area contributed by atoms with Gasteiger partial charge in [-0.3, -0.25) is 0 Å². The summed E-state index contributed by atoms with van der Waals surface area (Å²) < 4.78 is 28.8. The van der Waals surface area contributed by atoms with Crippen LogP contribution in [0.1, 0.15) is 42.1 Å². The van der Waals surface area contributed by atoms with Crippen molar-refractivity contribution in [1.29, 1.82) is 0 Å². The molecular formula is C26H34O10. The number of aryl methyl sites for hydroxylation is 1. The van der Waals surface area contributed by atoms with Gasteiger partial charge in [0.2, 0.25) is 0 Å². The summed E-state index contributed by atoms with van der Waals surface area (Å²) in [5.74, 6) is 0.991. The second-order valence-electron chi connectivity index (χ2n) is 9.13. The Morgan fingerprint density at radius 1 is 0.944 bits per heavy atom. The monoisotopic (exact) mass is 506 g/mol. The SMILES string of the molecule is COc1cc([C@H]2Oc3c(OC)cc(CCCO)cc3[C@H]2CO[C@H]2O[C@@H](C)[C@H](O)[C@@H](O)[C@H]2O)ccc1O. The first kappa shape index (κ1) is 26.5. The molecule has 2 aliphatic rings. The van der Waals surface area contributed by atoms with Gasteiger partial charge in [0.05, 0.1) is 32.8 Å². The van der Waals surface area contributed by atoms with E-state index < -0.39 is 36.8 Å². The highest BCUT2D eigenvalue weighted by atomic mass is 16.7. The third kappa shape index (κ3) is 5.10. The summed E-state index contributed by atoms with van der Waals surface area (Å²) >= 11 is 0. The van der Waals surface area contributed by atoms with Crippen molar-refractivity contribution in [2.45, 2.75) is 62.5 Å². The van der Waals surface area contributed by atoms with Gasteiger partial charge in [-0.1, -0.05) is 12.1 Å². The van der Waals surface area contributed by atoms with Crippen molar-refractivity contribution >= 4 is 0 Å². The minimum Gasteiger partial charge on any atom is -0.504 e. The van der Waals surface area contributed by atoms with Crippen LogP contribution < -0.4 is 14.2 Å². The standard InChI is InChI=1S/C26H34O10/c1-13-21(29)22(30)23(31)26(35-13)34-12-17-16-9-14(5-4-8-27)10-20(33-3)25(16)36-24(17)15-6-7-18(28)19(11-15)32-2/h6-7,9-11,13,17,21-24,26-31H,4-5,8,12H2,1-3H3/t13-,17+,21-,22+,23+,24+,26-/m0/s1. The molecule has 0 aromatic heterocycles. The molecule has 36 heavy (non-hydrogen) atoms. The van der Waals surface area contributed by atoms with E-state index in [-0.39, 0.29) is 24.9 Å². The molecule has 1 saturated heterocycles. The second-order valence-corrected chi connectivity index (χ2v) is 9.13. The second kappa shape index (κ2) is 11.2. The zero-order valence-corrected chi connectivity index (χ0v) is 20.5. The van der Waals surface area contributed by atoms with Gasteiger partial charge >= 0.3 is 0 Å². The summed E-state index contributed by atoms with van der Waals surface area (Å²) in [5, 5.41) is 50.0. The van der Waals surface area contributed by atoms with E-state index in [2.05, 4.69) is 0 Å². The highest BCUT2D eigenvalue weighted by molar-refractivity contribution is 5.56. The Morgan fingerprint density at radius 3 is 2.39 bits per heavy atom. The summed E-state index contributed by atoms with van der Waals surface area (Å²) in [4.78, 5) is 0. The maximum atomic E-state index is 10.4. The Hall–Kier alpha value is -2.60. The minimum atomic E-state index is -1.43. The highest BCUT2D eigenvalue weighted by Crippen LogP contribution is 2.52. The number of aliphatic hydroxyl groups is 4. The Morgan fingerprint density at radius 2 is 1.69 bits per heavy atom. The fourth-order valence-electron chi connectivity index (χ4n) is 4.73. The van der Waals surface area contributed by atoms with Gasteiger partial charge in [0.15, 0.2) is 29.3 Å². The summed E-state index contributed by atoms with van der Waals surface area (Å²) in [5.41, 5.74) is 2.50. The van der Waals surface area contributed by atoms with Crippen LogP contribution in [-0.2, 0) is 15.9 Å². The number of fused-ring (bicyclic) bond motifs is 1. The number of aromatic hydroxyl groups is 1. The lowest BCUT2D eigenvalue weighted by Gasteiger charge is -2.39. The third-order valence-corrected chi connectivity index (χ3v) is 6.78. The summed E-state index contributed by atoms with van der Waals surface area (Å²) in [6, 6.07) is 8.80. The van der Waals surface area contributed by atoms with E-state index >= 15 is 0 Å². The highest BCUT2D eigenvalue weighted by Gasteiger charge is 2.44. The van der Waals surface area contributed by atoms with Gasteiger partial charge in [0.1, 0.15) is 24.4 Å². The number of ether oxygens (including phenoxy) is 5. The molecule has 7 atom stereocenters. The number of phenols is 1. The molecule has 0 radical (unpaired) electrons. The van der Waals surface area contributed by atoms with Crippen LogP contribution in [0, 0.1) is 0 Å². The van der Waals surface area contributed by atoms with Gasteiger partial charge in [-0.05, 0) is 49.1 Å². The first-order chi connectivity index (χ1) is 17.3. The molecule has 2 aromatic carbocycles. The van der Waals surface area contributed by atoms with E-state index in [1.54, 1.807) is 26.2 Å². The predicted octanol–water partition coefficient (Wildman–Crippen LogP) is 1.40. The Labute approximate surface area is 209 Å². The largest absolute Gasteiger partial charge is 0.504 e. The average Bonchev–Trinajstić information content (AvgIpc) is 3.25. The molecule has 1 fully saturated rings. The number of phenolic OH excluding ortho intramolecular Hbond substituents is 1. The number of methoxy groups -OCH3 is 2. The molecule has 0 amide bonds. The fraction of sp³-hybridized carbons (Fsp3) is 0.538. The van der Waals surface area contributed by atoms with Crippen LogP contribution in [0.5, 0.6) is 23.0 Å². The van der Waals surface area contributed by atoms with Crippen molar-refractivity contribution < 1.29 is 49.2 Å². The van der Waals surface area contributed by atoms with Crippen molar-refractivity contribution in [3.63, 3.8) is 0 Å². The molecule has 10 nitrogen and oxygen atoms in total. The van der Waals surface area contributed by atoms with Crippen LogP contribution >= 0.6 is 0 Å². The molecule has 198 valence electrons. The number of hydrogen-bond acceptors (Lipinski definition) is 10. The maximum Gasteiger partial charge on any atom is 0.186 e. The smallest absolute Gasteiger partial charge is 0.186 e. The van der Waals surface area contributed by atoms with Crippen LogP contribution in [0.2, 0.25) is 0 Å². The van der Waals surface area contributed by atoms with E-state index in [1.165, 1.54) is 13.2 Å². The molecule has 5 N–H and O–H groups in total. The molecule has 0 aliphatic carbocycles. The lowest BCUT2D eigenvalue weighted by Crippen LogP contribution is -2.57. The number of aliphatic hydroxyl groups excluding tert-OH is 4. The number of rotatable bonds is 9. The van der Waals surface area contributed by atoms with Gasteiger partial charge in [0.25, 0.3) is 0 Å². The predicted molar refractivity (Wildman–Crippen MR) is 127 cm³/mol. The lowest BCUT2D eigenvalue weighted by atomic mass is 9.90. The van der Waals surface area contributed by atoms with Gasteiger partial charge in [-0.15, -0.1) is 0 Å². The van der Waals surface area contributed by atoms with E-state index in [4.69, 9.17) is 23.7 Å². The fourth-order valence-corrected chi connectivity index (χ4v) is 4.73. The van der Waals surface area contributed by atoms with Gasteiger partial charge in [0, 0.05) is 12.2 Å². The van der Waals surface area contributed by atoms with Crippen LogP contribution in [-0.4, -0.2) is 83.7 Å². The Bertz CT molecular complexity index is 1040. The molecule has 0 saturated carbocycles. The summed E-state index contributed by atoms with van der Waals surface area (Å²) in [6.07, 6.45) is -5.29. The Kier molecular flexibility index (Phi) is 8.23. The van der Waals surface area contributed by atoms with E-state index in [9.17, 15) is 25.5 Å². The third-order valence-electron chi connectivity index (χ3n) is 6.78. The molecule has 0 bridgehead atoms. The topological polar surface area (TPSA) is 147 Å². The van der Waals surface area contributed by atoms with Gasteiger partial charge < -0.3 is 49.2 Å². The number of hydrogen-bond donors (Lipinski definition) is 5. The minimum absolute atomic E-state index is 0.00584. The Balaban J connectivity index is 1.68. The summed E-state index contributed by atoms with van der Waals surface area (Å²) in [7, 11) is 3.01. The average molecular weight is 507 g/mol. The molecule has 0 unspecified atom stereocenters. The quantitative estimate of drug-likeness (QED) is 0.338. The molecule has 10 heteroatoms. The van der Waals surface area contributed by atoms with Crippen molar-refractivity contribution in [3.05, 3.63) is 47.0 Å². The summed E-state index contributed by atoms with van der Waals surface area (Å²) in [6.45, 7) is 1.69. The van der Waals surface area contributed by atoms with Crippen LogP contribution in [0.4, 0.5) is 0 Å². The van der Waals surface area contributed by atoms with Crippen molar-refractivity contribution in [2.24, 2.45) is 0 Å². The van der Waals surface area contributed by atoms with Crippen LogP contribution in [0.25, 0.3) is 0 Å². The lowest BCUT2D eigenvalue weighted by molar-refractivity contribution is -0.294. The van der Waals surface area contributed by atoms with Crippen molar-refractivity contribution in [3.8, 4) is 23.0 Å². The van der Waals surface area contributed by atoms with E-state index in [0.29, 0.717) is 30.1 Å². The zero-order chi connectivity index (χ0) is 26.0. The normalized spacial score (nSPS) is 29.5. The molecule has 2 aromatic rings. The first-order valence-corrected chi connectivity index (χ1v) is 12.0. The molecular weight excluding hydrogens is 472 g/mol. The van der Waals surface area contributed by atoms with Crippen molar-refractivity contribution in [1.82, 2.24) is 0 Å². The first-order valence-electron chi connectivity index (χ1n) is 12.0. The molecule has 4 rings (SSSR count). The zero-order valence-electron chi connectivity index (χ0n) is 20.5.